The van der Waals surface area contributed by atoms with Crippen molar-refractivity contribution in [1.29, 1.82) is 0 Å². The van der Waals surface area contributed by atoms with Gasteiger partial charge < -0.3 is 25.0 Å². The SMILES string of the molecule is CC(=O)N1CC([C@@H](C)Oc2ccc(C(C)C)c3cc(Nc4ccnc(N5CC[C@@H](O)[C@@](C)(F)C5)n4)ncc23)C1. The molecule has 1 amide bonds. The normalized spacial score (nSPS) is 22.6. The van der Waals surface area contributed by atoms with Crippen LogP contribution in [0.5, 0.6) is 5.75 Å². The lowest BCUT2D eigenvalue weighted by molar-refractivity contribution is -0.137. The molecule has 2 N–H and O–H groups in total. The minimum absolute atomic E-state index is 0.0262. The van der Waals surface area contributed by atoms with Gasteiger partial charge in [0.2, 0.25) is 11.9 Å². The predicted octanol–water partition coefficient (Wildman–Crippen LogP) is 4.44. The Kier molecular flexibility index (Phi) is 7.33. The number of anilines is 3. The Balaban J connectivity index is 1.37. The predicted molar refractivity (Wildman–Crippen MR) is 149 cm³/mol. The molecule has 2 aromatic heterocycles. The van der Waals surface area contributed by atoms with Crippen molar-refractivity contribution in [3.8, 4) is 5.75 Å². The number of hydrogen-bond donors (Lipinski definition) is 2. The molecule has 2 fully saturated rings. The van der Waals surface area contributed by atoms with E-state index in [1.54, 1.807) is 24.1 Å². The van der Waals surface area contributed by atoms with Gasteiger partial charge in [0, 0.05) is 50.3 Å². The Labute approximate surface area is 228 Å². The molecule has 3 aromatic rings. The van der Waals surface area contributed by atoms with Crippen molar-refractivity contribution in [2.24, 2.45) is 5.92 Å². The number of likely N-dealkylation sites (tertiary alicyclic amines) is 1. The third kappa shape index (κ3) is 5.61. The number of aliphatic hydroxyl groups excluding tert-OH is 1. The first-order chi connectivity index (χ1) is 18.5. The van der Waals surface area contributed by atoms with Gasteiger partial charge in [0.15, 0.2) is 5.67 Å². The van der Waals surface area contributed by atoms with Crippen molar-refractivity contribution in [1.82, 2.24) is 19.9 Å². The summed E-state index contributed by atoms with van der Waals surface area (Å²) in [5, 5.41) is 15.2. The first kappa shape index (κ1) is 27.1. The average Bonchev–Trinajstić information content (AvgIpc) is 2.84. The van der Waals surface area contributed by atoms with Gasteiger partial charge in [0.25, 0.3) is 0 Å². The number of alkyl halides is 1. The first-order valence-electron chi connectivity index (χ1n) is 13.6. The molecule has 2 aliphatic rings. The second kappa shape index (κ2) is 10.6. The number of nitrogens with zero attached hydrogens (tertiary/aromatic N) is 5. The van der Waals surface area contributed by atoms with E-state index < -0.39 is 11.8 Å². The highest BCUT2D eigenvalue weighted by Gasteiger charge is 2.40. The van der Waals surface area contributed by atoms with Crippen LogP contribution in [0, 0.1) is 5.92 Å². The number of aliphatic hydroxyl groups is 1. The van der Waals surface area contributed by atoms with E-state index in [9.17, 15) is 14.3 Å². The summed E-state index contributed by atoms with van der Waals surface area (Å²) in [6, 6.07) is 7.86. The number of fused-ring (bicyclic) bond motifs is 1. The molecule has 0 aliphatic carbocycles. The lowest BCUT2D eigenvalue weighted by Crippen LogP contribution is -2.54. The Hall–Kier alpha value is -3.53. The van der Waals surface area contributed by atoms with Crippen LogP contribution in [-0.4, -0.2) is 74.9 Å². The fourth-order valence-corrected chi connectivity index (χ4v) is 5.28. The molecule has 9 nitrogen and oxygen atoms in total. The van der Waals surface area contributed by atoms with Gasteiger partial charge in [-0.05, 0) is 55.3 Å². The lowest BCUT2D eigenvalue weighted by Gasteiger charge is -2.41. The van der Waals surface area contributed by atoms with Crippen molar-refractivity contribution in [2.75, 3.05) is 36.4 Å². The van der Waals surface area contributed by atoms with Crippen LogP contribution in [0.25, 0.3) is 10.8 Å². The molecule has 4 heterocycles. The van der Waals surface area contributed by atoms with Crippen molar-refractivity contribution in [3.63, 3.8) is 0 Å². The van der Waals surface area contributed by atoms with Crippen LogP contribution in [0.1, 0.15) is 52.5 Å². The smallest absolute Gasteiger partial charge is 0.227 e. The molecule has 39 heavy (non-hydrogen) atoms. The number of nitrogens with one attached hydrogen (secondary N) is 1. The Bertz CT molecular complexity index is 1360. The van der Waals surface area contributed by atoms with Gasteiger partial charge in [-0.25, -0.2) is 14.4 Å². The zero-order valence-corrected chi connectivity index (χ0v) is 23.2. The molecule has 5 rings (SSSR count). The number of benzene rings is 1. The van der Waals surface area contributed by atoms with Gasteiger partial charge in [-0.1, -0.05) is 19.9 Å². The molecule has 3 atom stereocenters. The fraction of sp³-hybridized carbons (Fsp3) is 0.517. The van der Waals surface area contributed by atoms with Crippen LogP contribution >= 0.6 is 0 Å². The van der Waals surface area contributed by atoms with E-state index in [-0.39, 0.29) is 18.6 Å². The van der Waals surface area contributed by atoms with Crippen molar-refractivity contribution < 1.29 is 19.0 Å². The number of amides is 1. The van der Waals surface area contributed by atoms with Gasteiger partial charge >= 0.3 is 0 Å². The lowest BCUT2D eigenvalue weighted by atomic mass is 9.94. The van der Waals surface area contributed by atoms with E-state index in [0.717, 1.165) is 16.5 Å². The van der Waals surface area contributed by atoms with E-state index in [1.807, 2.05) is 23.2 Å². The summed E-state index contributed by atoms with van der Waals surface area (Å²) in [4.78, 5) is 28.7. The van der Waals surface area contributed by atoms with Crippen LogP contribution in [0.4, 0.5) is 22.0 Å². The standard InChI is InChI=1S/C29H37FN6O3/c1-17(2)21-6-7-24(39-18(3)20-14-36(15-20)19(4)37)23-13-32-27(12-22(21)23)33-26-8-10-31-28(34-26)35-11-9-25(38)29(5,30)16-35/h6-8,10,12-13,17-18,20,25,38H,9,11,14-16H2,1-5H3,(H,31,32,33,34)/t18-,25-,29+/m1/s1. The number of aromatic nitrogens is 3. The van der Waals surface area contributed by atoms with Crippen LogP contribution in [0.3, 0.4) is 0 Å². The molecule has 208 valence electrons. The average molecular weight is 537 g/mol. The van der Waals surface area contributed by atoms with E-state index in [4.69, 9.17) is 4.74 Å². The molecule has 0 unspecified atom stereocenters. The second-order valence-electron chi connectivity index (χ2n) is 11.3. The highest BCUT2D eigenvalue weighted by atomic mass is 19.1. The molecule has 2 saturated heterocycles. The van der Waals surface area contributed by atoms with Crippen LogP contribution in [0.2, 0.25) is 0 Å². The minimum Gasteiger partial charge on any atom is -0.490 e. The summed E-state index contributed by atoms with van der Waals surface area (Å²) in [7, 11) is 0. The number of pyridine rings is 1. The van der Waals surface area contributed by atoms with E-state index in [2.05, 4.69) is 47.1 Å². The summed E-state index contributed by atoms with van der Waals surface area (Å²) >= 11 is 0. The number of piperidine rings is 1. The number of ether oxygens (including phenoxy) is 1. The molecule has 1 aromatic carbocycles. The van der Waals surface area contributed by atoms with Gasteiger partial charge in [-0.2, -0.15) is 4.98 Å². The summed E-state index contributed by atoms with van der Waals surface area (Å²) in [6.45, 7) is 11.3. The zero-order chi connectivity index (χ0) is 27.9. The van der Waals surface area contributed by atoms with E-state index in [1.165, 1.54) is 12.5 Å². The first-order valence-corrected chi connectivity index (χ1v) is 13.6. The molecule has 0 radical (unpaired) electrons. The number of hydrogen-bond acceptors (Lipinski definition) is 8. The Morgan fingerprint density at radius 3 is 2.64 bits per heavy atom. The van der Waals surface area contributed by atoms with Gasteiger partial charge in [0.05, 0.1) is 12.6 Å². The summed E-state index contributed by atoms with van der Waals surface area (Å²) < 4.78 is 21.1. The maximum atomic E-state index is 14.7. The molecule has 0 saturated carbocycles. The molecule has 10 heteroatoms. The van der Waals surface area contributed by atoms with E-state index >= 15 is 0 Å². The van der Waals surface area contributed by atoms with Gasteiger partial charge in [-0.15, -0.1) is 0 Å². The topological polar surface area (TPSA) is 104 Å². The highest BCUT2D eigenvalue weighted by molar-refractivity contribution is 5.92. The van der Waals surface area contributed by atoms with Gasteiger partial charge in [0.1, 0.15) is 23.5 Å². The number of carbonyl (C=O) groups excluding carboxylic acids is 1. The van der Waals surface area contributed by atoms with Crippen LogP contribution in [0.15, 0.2) is 36.7 Å². The Morgan fingerprint density at radius 1 is 1.18 bits per heavy atom. The van der Waals surface area contributed by atoms with Crippen molar-refractivity contribution in [3.05, 3.63) is 42.2 Å². The van der Waals surface area contributed by atoms with Crippen LogP contribution < -0.4 is 15.0 Å². The molecular formula is C29H37FN6O3. The van der Waals surface area contributed by atoms with Crippen molar-refractivity contribution >= 4 is 34.3 Å². The molecule has 0 spiro atoms. The summed E-state index contributed by atoms with van der Waals surface area (Å²) in [5.74, 6) is 3.04. The third-order valence-corrected chi connectivity index (χ3v) is 7.90. The number of rotatable bonds is 7. The van der Waals surface area contributed by atoms with Crippen LogP contribution in [-0.2, 0) is 4.79 Å². The van der Waals surface area contributed by atoms with Gasteiger partial charge in [-0.3, -0.25) is 4.79 Å². The summed E-state index contributed by atoms with van der Waals surface area (Å²) in [6.07, 6.45) is 2.74. The number of halogens is 1. The molecule has 2 aliphatic heterocycles. The molecular weight excluding hydrogens is 499 g/mol. The minimum atomic E-state index is -1.72. The second-order valence-corrected chi connectivity index (χ2v) is 11.3. The monoisotopic (exact) mass is 536 g/mol. The maximum absolute atomic E-state index is 14.7. The van der Waals surface area contributed by atoms with E-state index in [0.29, 0.717) is 55.5 Å². The summed E-state index contributed by atoms with van der Waals surface area (Å²) in [5.41, 5.74) is -0.541. The maximum Gasteiger partial charge on any atom is 0.227 e. The zero-order valence-electron chi connectivity index (χ0n) is 23.2. The van der Waals surface area contributed by atoms with Crippen molar-refractivity contribution in [2.45, 2.75) is 64.8 Å². The largest absolute Gasteiger partial charge is 0.490 e. The third-order valence-electron chi connectivity index (χ3n) is 7.90. The molecule has 0 bridgehead atoms. The fourth-order valence-electron chi connectivity index (χ4n) is 5.28. The highest BCUT2D eigenvalue weighted by Crippen LogP contribution is 2.35. The Morgan fingerprint density at radius 2 is 1.95 bits per heavy atom. The number of carbonyl (C=O) groups is 1. The quantitative estimate of drug-likeness (QED) is 0.457.